The smallest absolute Gasteiger partial charge is 0.322 e. The Bertz CT molecular complexity index is 970. The molecule has 0 bridgehead atoms. The van der Waals surface area contributed by atoms with Crippen molar-refractivity contribution in [2.75, 3.05) is 18.4 Å². The fraction of sp³-hybridized carbons (Fsp3) is 0.364. The number of rotatable bonds is 3. The summed E-state index contributed by atoms with van der Waals surface area (Å²) >= 11 is 0. The average molecular weight is 407 g/mol. The highest BCUT2D eigenvalue weighted by Crippen LogP contribution is 2.26. The Hall–Kier alpha value is -3.26. The van der Waals surface area contributed by atoms with Gasteiger partial charge in [0.1, 0.15) is 11.9 Å². The number of amides is 3. The van der Waals surface area contributed by atoms with E-state index >= 15 is 0 Å². The molecule has 3 amide bonds. The number of anilines is 1. The first-order chi connectivity index (χ1) is 14.3. The molecule has 0 unspecified atom stereocenters. The van der Waals surface area contributed by atoms with Crippen molar-refractivity contribution in [3.63, 3.8) is 0 Å². The lowest BCUT2D eigenvalue weighted by Gasteiger charge is -2.31. The van der Waals surface area contributed by atoms with Crippen LogP contribution in [0.5, 0.6) is 0 Å². The van der Waals surface area contributed by atoms with Crippen molar-refractivity contribution in [2.45, 2.75) is 39.0 Å². The van der Waals surface area contributed by atoms with Gasteiger partial charge in [-0.2, -0.15) is 0 Å². The van der Waals surface area contributed by atoms with Crippen LogP contribution in [0.3, 0.4) is 0 Å². The van der Waals surface area contributed by atoms with Crippen molar-refractivity contribution in [1.29, 1.82) is 0 Å². The van der Waals surface area contributed by atoms with Gasteiger partial charge in [0.25, 0.3) is 5.91 Å². The Morgan fingerprint density at radius 2 is 1.90 bits per heavy atom. The molecule has 0 aliphatic carbocycles. The Labute approximate surface area is 175 Å². The van der Waals surface area contributed by atoms with Crippen molar-refractivity contribution >= 4 is 23.2 Å². The molecule has 2 N–H and O–H groups in total. The second-order valence-corrected chi connectivity index (χ2v) is 8.15. The number of aliphatic hydroxyl groups is 1. The van der Waals surface area contributed by atoms with E-state index in [9.17, 15) is 14.7 Å². The Balaban J connectivity index is 1.35. The van der Waals surface area contributed by atoms with Crippen LogP contribution in [0, 0.1) is 0 Å². The standard InChI is InChI=1S/C22H25N5O3/c1-22(2,30)20(28)26-9-7-16(8-10-26)15-3-5-18(6-4-15)25-21(29)27-12-17-11-23-14-24-19(17)13-27/h3-7,11,14,30H,8-10,12-13H2,1-2H3,(H,25,29). The molecule has 2 aliphatic heterocycles. The molecular weight excluding hydrogens is 382 g/mol. The maximum atomic E-state index is 12.5. The summed E-state index contributed by atoms with van der Waals surface area (Å²) in [4.78, 5) is 36.3. The molecule has 0 spiro atoms. The molecule has 2 aromatic rings. The number of nitrogens with zero attached hydrogens (tertiary/aromatic N) is 4. The molecule has 0 saturated heterocycles. The van der Waals surface area contributed by atoms with Crippen molar-refractivity contribution in [1.82, 2.24) is 19.8 Å². The van der Waals surface area contributed by atoms with Gasteiger partial charge in [-0.25, -0.2) is 14.8 Å². The summed E-state index contributed by atoms with van der Waals surface area (Å²) in [7, 11) is 0. The number of hydrogen-bond acceptors (Lipinski definition) is 5. The number of urea groups is 1. The number of aromatic nitrogens is 2. The first-order valence-corrected chi connectivity index (χ1v) is 9.96. The summed E-state index contributed by atoms with van der Waals surface area (Å²) in [6.07, 6.45) is 5.99. The highest BCUT2D eigenvalue weighted by atomic mass is 16.3. The quantitative estimate of drug-likeness (QED) is 0.814. The van der Waals surface area contributed by atoms with Crippen LogP contribution in [0.2, 0.25) is 0 Å². The van der Waals surface area contributed by atoms with E-state index in [1.54, 1.807) is 16.0 Å². The van der Waals surface area contributed by atoms with E-state index in [1.807, 2.05) is 30.3 Å². The molecule has 0 saturated carbocycles. The maximum absolute atomic E-state index is 12.5. The Morgan fingerprint density at radius 3 is 2.53 bits per heavy atom. The maximum Gasteiger partial charge on any atom is 0.322 e. The van der Waals surface area contributed by atoms with Crippen molar-refractivity contribution in [3.8, 4) is 0 Å². The molecule has 4 rings (SSSR count). The first-order valence-electron chi connectivity index (χ1n) is 9.96. The van der Waals surface area contributed by atoms with Crippen molar-refractivity contribution < 1.29 is 14.7 Å². The molecule has 3 heterocycles. The second-order valence-electron chi connectivity index (χ2n) is 8.15. The van der Waals surface area contributed by atoms with E-state index < -0.39 is 5.60 Å². The van der Waals surface area contributed by atoms with Crippen LogP contribution in [0.1, 0.15) is 37.1 Å². The van der Waals surface area contributed by atoms with E-state index in [1.165, 1.54) is 20.2 Å². The summed E-state index contributed by atoms with van der Waals surface area (Å²) in [6, 6.07) is 7.54. The van der Waals surface area contributed by atoms with E-state index in [0.29, 0.717) is 26.2 Å². The highest BCUT2D eigenvalue weighted by Gasteiger charge is 2.30. The lowest BCUT2D eigenvalue weighted by Crippen LogP contribution is -2.46. The fourth-order valence-electron chi connectivity index (χ4n) is 3.72. The predicted molar refractivity (Wildman–Crippen MR) is 112 cm³/mol. The van der Waals surface area contributed by atoms with Gasteiger partial charge in [-0.15, -0.1) is 0 Å². The SMILES string of the molecule is CC(C)(O)C(=O)N1CC=C(c2ccc(NC(=O)N3Cc4cncnc4C3)cc2)CC1. The predicted octanol–water partition coefficient (Wildman–Crippen LogP) is 2.41. The van der Waals surface area contributed by atoms with Gasteiger partial charge in [-0.05, 0) is 43.5 Å². The number of nitrogens with one attached hydrogen (secondary N) is 1. The normalized spacial score (nSPS) is 16.2. The van der Waals surface area contributed by atoms with Gasteiger partial charge in [0.2, 0.25) is 0 Å². The summed E-state index contributed by atoms with van der Waals surface area (Å²) in [5, 5.41) is 12.8. The fourth-order valence-corrected chi connectivity index (χ4v) is 3.72. The van der Waals surface area contributed by atoms with Gasteiger partial charge < -0.3 is 20.2 Å². The third kappa shape index (κ3) is 4.18. The molecule has 8 heteroatoms. The Kier molecular flexibility index (Phi) is 5.26. The average Bonchev–Trinajstić information content (AvgIpc) is 3.18. The lowest BCUT2D eigenvalue weighted by molar-refractivity contribution is -0.147. The van der Waals surface area contributed by atoms with Crippen LogP contribution < -0.4 is 5.32 Å². The molecule has 1 aromatic heterocycles. The van der Waals surface area contributed by atoms with Crippen LogP contribution in [-0.2, 0) is 17.9 Å². The third-order valence-electron chi connectivity index (χ3n) is 5.40. The van der Waals surface area contributed by atoms with Gasteiger partial charge in [-0.3, -0.25) is 4.79 Å². The summed E-state index contributed by atoms with van der Waals surface area (Å²) in [5.41, 5.74) is 3.45. The van der Waals surface area contributed by atoms with Gasteiger partial charge in [0.15, 0.2) is 0 Å². The molecule has 0 radical (unpaired) electrons. The minimum atomic E-state index is -1.35. The van der Waals surface area contributed by atoms with Crippen molar-refractivity contribution in [3.05, 3.63) is 59.7 Å². The van der Waals surface area contributed by atoms with Crippen molar-refractivity contribution in [2.24, 2.45) is 0 Å². The van der Waals surface area contributed by atoms with E-state index in [0.717, 1.165) is 34.5 Å². The number of carbonyl (C=O) groups excluding carboxylic acids is 2. The Morgan fingerprint density at radius 1 is 1.13 bits per heavy atom. The molecule has 0 atom stereocenters. The van der Waals surface area contributed by atoms with E-state index in [2.05, 4.69) is 15.3 Å². The zero-order valence-corrected chi connectivity index (χ0v) is 17.1. The molecule has 156 valence electrons. The molecule has 1 aromatic carbocycles. The second kappa shape index (κ2) is 7.87. The molecular formula is C22H25N5O3. The largest absolute Gasteiger partial charge is 0.381 e. The number of hydrogen-bond donors (Lipinski definition) is 2. The monoisotopic (exact) mass is 407 g/mol. The minimum absolute atomic E-state index is 0.168. The van der Waals surface area contributed by atoms with Gasteiger partial charge >= 0.3 is 6.03 Å². The first kappa shape index (κ1) is 20.0. The summed E-state index contributed by atoms with van der Waals surface area (Å²) in [5.74, 6) is -0.258. The number of carbonyl (C=O) groups is 2. The number of fused-ring (bicyclic) bond motifs is 1. The van der Waals surface area contributed by atoms with Crippen LogP contribution in [0.25, 0.3) is 5.57 Å². The molecule has 2 aliphatic rings. The van der Waals surface area contributed by atoms with Gasteiger partial charge in [-0.1, -0.05) is 18.2 Å². The van der Waals surface area contributed by atoms with E-state index in [4.69, 9.17) is 0 Å². The number of benzene rings is 1. The molecule has 0 fully saturated rings. The highest BCUT2D eigenvalue weighted by molar-refractivity contribution is 5.90. The molecule has 8 nitrogen and oxygen atoms in total. The zero-order valence-electron chi connectivity index (χ0n) is 17.1. The van der Waals surface area contributed by atoms with Crippen LogP contribution in [0.15, 0.2) is 42.9 Å². The van der Waals surface area contributed by atoms with Gasteiger partial charge in [0, 0.05) is 30.5 Å². The molecule has 30 heavy (non-hydrogen) atoms. The van der Waals surface area contributed by atoms with Crippen LogP contribution in [-0.4, -0.2) is 55.5 Å². The minimum Gasteiger partial charge on any atom is -0.381 e. The zero-order chi connectivity index (χ0) is 21.3. The third-order valence-corrected chi connectivity index (χ3v) is 5.40. The van der Waals surface area contributed by atoms with Gasteiger partial charge in [0.05, 0.1) is 18.8 Å². The summed E-state index contributed by atoms with van der Waals surface area (Å²) < 4.78 is 0. The van der Waals surface area contributed by atoms with E-state index in [-0.39, 0.29) is 11.9 Å². The topological polar surface area (TPSA) is 98.7 Å². The van der Waals surface area contributed by atoms with Crippen LogP contribution in [0.4, 0.5) is 10.5 Å². The lowest BCUT2D eigenvalue weighted by atomic mass is 9.98. The summed E-state index contributed by atoms with van der Waals surface area (Å²) in [6.45, 7) is 5.06. The van der Waals surface area contributed by atoms with Crippen LogP contribution >= 0.6 is 0 Å².